The van der Waals surface area contributed by atoms with Crippen molar-refractivity contribution in [1.29, 1.82) is 0 Å². The van der Waals surface area contributed by atoms with E-state index in [0.717, 1.165) is 11.1 Å². The number of nitrogens with one attached hydrogen (secondary N) is 3. The average molecular weight is 389 g/mol. The number of hydrogen-bond acceptors (Lipinski definition) is 6. The van der Waals surface area contributed by atoms with Gasteiger partial charge in [-0.1, -0.05) is 29.8 Å². The second-order valence-corrected chi connectivity index (χ2v) is 6.41. The van der Waals surface area contributed by atoms with Crippen molar-refractivity contribution in [2.24, 2.45) is 0 Å². The van der Waals surface area contributed by atoms with Gasteiger partial charge >= 0.3 is 18.0 Å². The van der Waals surface area contributed by atoms with Crippen LogP contribution in [-0.4, -0.2) is 44.8 Å². The standard InChI is InChI=1S/C20H27N3O5/c1-4-28-19(25)17-15(12-21-11-5-6-16(24)27-3)22-20(26)23-18(17)14-9-7-13(2)8-10-14/h7-10,18,21H,4-6,11-12H2,1-3H3,(H2,22,23,26)/t18-/m1/s1. The summed E-state index contributed by atoms with van der Waals surface area (Å²) < 4.78 is 9.82. The van der Waals surface area contributed by atoms with E-state index >= 15 is 0 Å². The Morgan fingerprint density at radius 1 is 1.21 bits per heavy atom. The summed E-state index contributed by atoms with van der Waals surface area (Å²) >= 11 is 0. The number of methoxy groups -OCH3 is 1. The molecule has 1 heterocycles. The number of ether oxygens (including phenoxy) is 2. The second-order valence-electron chi connectivity index (χ2n) is 6.41. The average Bonchev–Trinajstić information content (AvgIpc) is 2.67. The molecule has 0 saturated carbocycles. The van der Waals surface area contributed by atoms with Crippen molar-refractivity contribution >= 4 is 18.0 Å². The molecule has 0 radical (unpaired) electrons. The molecule has 152 valence electrons. The number of amides is 2. The van der Waals surface area contributed by atoms with Gasteiger partial charge in [0.25, 0.3) is 0 Å². The minimum absolute atomic E-state index is 0.233. The summed E-state index contributed by atoms with van der Waals surface area (Å²) in [4.78, 5) is 36.0. The quantitative estimate of drug-likeness (QED) is 0.439. The van der Waals surface area contributed by atoms with Crippen LogP contribution in [0.25, 0.3) is 0 Å². The van der Waals surface area contributed by atoms with Crippen molar-refractivity contribution in [2.75, 3.05) is 26.8 Å². The van der Waals surface area contributed by atoms with E-state index in [1.165, 1.54) is 7.11 Å². The molecule has 1 aromatic rings. The minimum Gasteiger partial charge on any atom is -0.469 e. The van der Waals surface area contributed by atoms with Gasteiger partial charge in [-0.05, 0) is 32.4 Å². The van der Waals surface area contributed by atoms with Crippen LogP contribution in [0.15, 0.2) is 35.5 Å². The van der Waals surface area contributed by atoms with Crippen molar-refractivity contribution in [3.63, 3.8) is 0 Å². The molecule has 1 aliphatic rings. The van der Waals surface area contributed by atoms with E-state index < -0.39 is 12.0 Å². The number of esters is 2. The van der Waals surface area contributed by atoms with Gasteiger partial charge in [0.15, 0.2) is 0 Å². The van der Waals surface area contributed by atoms with Gasteiger partial charge in [0.05, 0.1) is 25.3 Å². The molecule has 0 saturated heterocycles. The molecule has 1 aromatic carbocycles. The molecule has 0 bridgehead atoms. The normalized spacial score (nSPS) is 16.2. The van der Waals surface area contributed by atoms with Crippen molar-refractivity contribution in [2.45, 2.75) is 32.7 Å². The van der Waals surface area contributed by atoms with Crippen LogP contribution in [0, 0.1) is 6.92 Å². The van der Waals surface area contributed by atoms with Gasteiger partial charge in [-0.3, -0.25) is 4.79 Å². The number of carbonyl (C=O) groups is 3. The zero-order valence-corrected chi connectivity index (χ0v) is 16.5. The maximum Gasteiger partial charge on any atom is 0.338 e. The molecule has 2 rings (SSSR count). The van der Waals surface area contributed by atoms with E-state index in [2.05, 4.69) is 20.7 Å². The monoisotopic (exact) mass is 389 g/mol. The molecule has 0 aromatic heterocycles. The highest BCUT2D eigenvalue weighted by Gasteiger charge is 2.33. The van der Waals surface area contributed by atoms with Crippen LogP contribution in [0.2, 0.25) is 0 Å². The lowest BCUT2D eigenvalue weighted by molar-refractivity contribution is -0.141. The number of urea groups is 1. The summed E-state index contributed by atoms with van der Waals surface area (Å²) in [6.07, 6.45) is 0.884. The molecule has 2 amide bonds. The fourth-order valence-corrected chi connectivity index (χ4v) is 2.89. The predicted octanol–water partition coefficient (Wildman–Crippen LogP) is 1.71. The zero-order valence-electron chi connectivity index (χ0n) is 16.5. The SMILES string of the molecule is CCOC(=O)C1=C(CNCCCC(=O)OC)NC(=O)N[C@@H]1c1ccc(C)cc1. The molecule has 0 unspecified atom stereocenters. The third-order valence-corrected chi connectivity index (χ3v) is 4.32. The Labute approximate surface area is 164 Å². The van der Waals surface area contributed by atoms with Gasteiger partial charge in [-0.25, -0.2) is 9.59 Å². The number of hydrogen-bond donors (Lipinski definition) is 3. The number of benzene rings is 1. The Hall–Kier alpha value is -2.87. The number of aryl methyl sites for hydroxylation is 1. The Bertz CT molecular complexity index is 743. The van der Waals surface area contributed by atoms with E-state index in [-0.39, 0.29) is 25.2 Å². The fourth-order valence-electron chi connectivity index (χ4n) is 2.89. The Morgan fingerprint density at radius 3 is 2.57 bits per heavy atom. The molecule has 28 heavy (non-hydrogen) atoms. The topological polar surface area (TPSA) is 106 Å². The Balaban J connectivity index is 2.20. The first-order valence-corrected chi connectivity index (χ1v) is 9.28. The highest BCUT2D eigenvalue weighted by molar-refractivity contribution is 5.95. The van der Waals surface area contributed by atoms with E-state index in [0.29, 0.717) is 30.7 Å². The smallest absolute Gasteiger partial charge is 0.338 e. The first-order chi connectivity index (χ1) is 13.5. The molecule has 8 nitrogen and oxygen atoms in total. The molecule has 8 heteroatoms. The van der Waals surface area contributed by atoms with E-state index in [9.17, 15) is 14.4 Å². The number of carbonyl (C=O) groups excluding carboxylic acids is 3. The van der Waals surface area contributed by atoms with E-state index in [4.69, 9.17) is 4.74 Å². The van der Waals surface area contributed by atoms with Crippen molar-refractivity contribution < 1.29 is 23.9 Å². The van der Waals surface area contributed by atoms with Gasteiger partial charge in [-0.2, -0.15) is 0 Å². The lowest BCUT2D eigenvalue weighted by Gasteiger charge is -2.29. The zero-order chi connectivity index (χ0) is 20.5. The van der Waals surface area contributed by atoms with Crippen molar-refractivity contribution in [1.82, 2.24) is 16.0 Å². The van der Waals surface area contributed by atoms with Crippen molar-refractivity contribution in [3.05, 3.63) is 46.7 Å². The Kier molecular flexibility index (Phi) is 8.01. The van der Waals surface area contributed by atoms with Gasteiger partial charge in [0.2, 0.25) is 0 Å². The predicted molar refractivity (Wildman–Crippen MR) is 103 cm³/mol. The van der Waals surface area contributed by atoms with E-state index in [1.54, 1.807) is 6.92 Å². The fraction of sp³-hybridized carbons (Fsp3) is 0.450. The molecule has 1 aliphatic heterocycles. The highest BCUT2D eigenvalue weighted by atomic mass is 16.5. The first-order valence-electron chi connectivity index (χ1n) is 9.28. The molecular formula is C20H27N3O5. The largest absolute Gasteiger partial charge is 0.469 e. The molecular weight excluding hydrogens is 362 g/mol. The van der Waals surface area contributed by atoms with Crippen LogP contribution < -0.4 is 16.0 Å². The Morgan fingerprint density at radius 2 is 1.93 bits per heavy atom. The molecule has 1 atom stereocenters. The summed E-state index contributed by atoms with van der Waals surface area (Å²) in [5.74, 6) is -0.755. The first kappa shape index (κ1) is 21.4. The molecule has 0 aliphatic carbocycles. The van der Waals surface area contributed by atoms with Gasteiger partial charge in [-0.15, -0.1) is 0 Å². The summed E-state index contributed by atoms with van der Waals surface area (Å²) in [6, 6.07) is 6.64. The summed E-state index contributed by atoms with van der Waals surface area (Å²) in [7, 11) is 1.35. The summed E-state index contributed by atoms with van der Waals surface area (Å²) in [5.41, 5.74) is 2.71. The van der Waals surface area contributed by atoms with Crippen LogP contribution in [-0.2, 0) is 19.1 Å². The highest BCUT2D eigenvalue weighted by Crippen LogP contribution is 2.27. The van der Waals surface area contributed by atoms with Crippen molar-refractivity contribution in [3.8, 4) is 0 Å². The molecule has 0 spiro atoms. The molecule has 0 fully saturated rings. The van der Waals surface area contributed by atoms with Crippen LogP contribution in [0.4, 0.5) is 4.79 Å². The van der Waals surface area contributed by atoms with Gasteiger partial charge in [0, 0.05) is 18.7 Å². The summed E-state index contributed by atoms with van der Waals surface area (Å²) in [5, 5.41) is 8.65. The maximum atomic E-state index is 12.6. The van der Waals surface area contributed by atoms with Crippen LogP contribution >= 0.6 is 0 Å². The number of rotatable bonds is 9. The lowest BCUT2D eigenvalue weighted by atomic mass is 9.94. The third-order valence-electron chi connectivity index (χ3n) is 4.32. The van der Waals surface area contributed by atoms with Crippen LogP contribution in [0.5, 0.6) is 0 Å². The molecule has 3 N–H and O–H groups in total. The van der Waals surface area contributed by atoms with Crippen LogP contribution in [0.1, 0.15) is 36.9 Å². The second kappa shape index (κ2) is 10.5. The third kappa shape index (κ3) is 5.82. The van der Waals surface area contributed by atoms with Gasteiger partial charge < -0.3 is 25.4 Å². The summed E-state index contributed by atoms with van der Waals surface area (Å²) in [6.45, 7) is 4.74. The minimum atomic E-state index is -0.597. The van der Waals surface area contributed by atoms with Gasteiger partial charge in [0.1, 0.15) is 0 Å². The van der Waals surface area contributed by atoms with E-state index in [1.807, 2.05) is 31.2 Å². The lowest BCUT2D eigenvalue weighted by Crippen LogP contribution is -2.48. The van der Waals surface area contributed by atoms with Crippen LogP contribution in [0.3, 0.4) is 0 Å². The maximum absolute atomic E-state index is 12.6.